The number of sulfone groups is 2. The van der Waals surface area contributed by atoms with Crippen LogP contribution in [0.4, 0.5) is 28.9 Å². The maximum absolute atomic E-state index is 14.3. The van der Waals surface area contributed by atoms with E-state index in [1.54, 1.807) is 70.6 Å². The molecule has 16 rings (SSSR count). The molecule has 6 N–H and O–H groups in total. The second-order valence-corrected chi connectivity index (χ2v) is 37.0. The highest BCUT2D eigenvalue weighted by Crippen LogP contribution is 2.41. The van der Waals surface area contributed by atoms with Gasteiger partial charge in [-0.2, -0.15) is 10.2 Å². The molecule has 0 atom stereocenters. The number of nitrogens with zero attached hydrogens (tertiary/aromatic N) is 6. The fourth-order valence-corrected chi connectivity index (χ4v) is 16.9. The van der Waals surface area contributed by atoms with E-state index in [0.29, 0.717) is 113 Å². The van der Waals surface area contributed by atoms with Gasteiger partial charge in [-0.15, -0.1) is 0 Å². The van der Waals surface area contributed by atoms with Gasteiger partial charge in [0.1, 0.15) is 69.4 Å². The Hall–Kier alpha value is -13.4. The second-order valence-electron chi connectivity index (χ2n) is 28.8. The van der Waals surface area contributed by atoms with Gasteiger partial charge < -0.3 is 28.2 Å². The summed E-state index contributed by atoms with van der Waals surface area (Å²) in [5, 5.41) is 13.1. The second kappa shape index (κ2) is 34.9. The first-order valence-electron chi connectivity index (χ1n) is 36.7. The van der Waals surface area contributed by atoms with Crippen molar-refractivity contribution < 1.29 is 60.7 Å². The van der Waals surface area contributed by atoms with Gasteiger partial charge in [0.05, 0.1) is 46.8 Å². The molecule has 0 aliphatic heterocycles. The molecule has 0 spiro atoms. The van der Waals surface area contributed by atoms with Gasteiger partial charge in [-0.1, -0.05) is 72.3 Å². The number of aromatic nitrogens is 10. The van der Waals surface area contributed by atoms with E-state index in [-0.39, 0.29) is 51.8 Å². The van der Waals surface area contributed by atoms with Crippen molar-refractivity contribution in [1.29, 1.82) is 0 Å². The summed E-state index contributed by atoms with van der Waals surface area (Å²) in [6.45, 7) is 7.26. The predicted molar refractivity (Wildman–Crippen MR) is 459 cm³/mol. The number of anilines is 2. The lowest BCUT2D eigenvalue weighted by Gasteiger charge is -2.14. The number of halogens is 5. The van der Waals surface area contributed by atoms with E-state index in [4.69, 9.17) is 21.1 Å². The molecular weight excluding hydrogens is 1660 g/mol. The number of benzene rings is 8. The van der Waals surface area contributed by atoms with Gasteiger partial charge in [0.25, 0.3) is 22.2 Å². The standard InChI is InChI=1S/C23H21ClN2O3S.C23H20F2N2O3S.C20H16F2N4O4S.C20H18N4O4S/c1-15-11-21(26-10-9-25-23(27)22(15)26)20-13-17(14-30(2,28)29)3-6-18(20)12-16-4-7-19(24)8-5-16;1-14-9-21(27-8-7-26-23(28)22(14)27)19-10-15(13-31(2,29)30)3-4-16(19)11-17-5-6-18(24)12-20(17)25;1-11-7-16(26-10-23-24-20(27)19(11)26)14-9-13(25-31(2,28)29)4-6-17(14)30-18-5-3-12(21)8-15(18)22;1-13-10-17(24-12-21-22-20(25)19(13)24)16-11-14(23-29(2,26)27)8-9-18(16)28-15-6-4-3-5-7-15/h3-11,13H,12,14H2,1-2H3,(H,25,27);3-10,12H,11,13H2,1-2H3,(H,26,28);3-10,25H,1-2H3,(H,24,27);3-12,23H,1-2H3,(H,22,25). The van der Waals surface area contributed by atoms with E-state index in [9.17, 15) is 70.4 Å². The van der Waals surface area contributed by atoms with Gasteiger partial charge in [0.2, 0.25) is 20.0 Å². The molecule has 8 aromatic heterocycles. The number of aromatic amines is 4. The first-order chi connectivity index (χ1) is 57.3. The maximum Gasteiger partial charge on any atom is 0.288 e. The van der Waals surface area contributed by atoms with E-state index >= 15 is 0 Å². The fourth-order valence-electron chi connectivity index (χ4n) is 14.1. The Bertz CT molecular complexity index is 7250. The average molecular weight is 1740 g/mol. The smallest absolute Gasteiger partial charge is 0.288 e. The normalized spacial score (nSPS) is 11.7. The lowest BCUT2D eigenvalue weighted by Crippen LogP contribution is -2.12. The number of para-hydroxylation sites is 1. The maximum atomic E-state index is 14.3. The molecule has 35 heteroatoms. The summed E-state index contributed by atoms with van der Waals surface area (Å²) in [4.78, 5) is 54.4. The van der Waals surface area contributed by atoms with Crippen LogP contribution in [0.1, 0.15) is 55.6 Å². The van der Waals surface area contributed by atoms with Gasteiger partial charge in [-0.3, -0.25) is 37.4 Å². The van der Waals surface area contributed by atoms with Crippen LogP contribution in [0.2, 0.25) is 5.02 Å². The van der Waals surface area contributed by atoms with Crippen molar-refractivity contribution in [1.82, 2.24) is 48.0 Å². The van der Waals surface area contributed by atoms with Crippen LogP contribution in [0, 0.1) is 51.0 Å². The van der Waals surface area contributed by atoms with E-state index in [1.807, 2.05) is 122 Å². The van der Waals surface area contributed by atoms with Crippen molar-refractivity contribution in [3.8, 4) is 68.0 Å². The molecule has 0 amide bonds. The molecule has 0 unspecified atom stereocenters. The number of ether oxygens (including phenoxy) is 2. The molecule has 0 saturated heterocycles. The third kappa shape index (κ3) is 20.5. The molecule has 0 fully saturated rings. The Morgan fingerprint density at radius 2 is 0.793 bits per heavy atom. The number of hydrogen-bond donors (Lipinski definition) is 6. The van der Waals surface area contributed by atoms with Crippen LogP contribution >= 0.6 is 11.6 Å². The molecule has 0 saturated carbocycles. The monoisotopic (exact) mass is 1740 g/mol. The molecule has 8 heterocycles. The van der Waals surface area contributed by atoms with E-state index in [2.05, 4.69) is 39.8 Å². The summed E-state index contributed by atoms with van der Waals surface area (Å²) < 4.78 is 172. The Morgan fingerprint density at radius 3 is 1.23 bits per heavy atom. The Balaban J connectivity index is 0.000000139. The molecule has 0 radical (unpaired) electrons. The van der Waals surface area contributed by atoms with E-state index in [1.165, 1.54) is 59.8 Å². The molecule has 0 aliphatic rings. The number of rotatable bonds is 20. The summed E-state index contributed by atoms with van der Waals surface area (Å²) in [6.07, 6.45) is 14.9. The summed E-state index contributed by atoms with van der Waals surface area (Å²) in [7, 11) is -13.5. The van der Waals surface area contributed by atoms with Gasteiger partial charge in [0.15, 0.2) is 31.2 Å². The molecule has 26 nitrogen and oxygen atoms in total. The van der Waals surface area contributed by atoms with Crippen molar-refractivity contribution >= 4 is 84.8 Å². The minimum atomic E-state index is -3.57. The summed E-state index contributed by atoms with van der Waals surface area (Å²) >= 11 is 6.01. The van der Waals surface area contributed by atoms with E-state index < -0.39 is 68.5 Å². The Morgan fingerprint density at radius 1 is 0.397 bits per heavy atom. The molecule has 0 bridgehead atoms. The Labute approximate surface area is 694 Å². The third-order valence-electron chi connectivity index (χ3n) is 19.0. The number of H-pyrrole nitrogens is 4. The van der Waals surface area contributed by atoms with Crippen LogP contribution in [0.25, 0.3) is 67.1 Å². The average Bonchev–Trinajstić information content (AvgIpc) is 1.65. The number of hydrogen-bond acceptors (Lipinski definition) is 16. The molecule has 16 aromatic rings. The molecular formula is C86H75ClF4N12O14S4. The van der Waals surface area contributed by atoms with Crippen LogP contribution in [0.3, 0.4) is 0 Å². The van der Waals surface area contributed by atoms with E-state index in [0.717, 1.165) is 81.6 Å². The van der Waals surface area contributed by atoms with Gasteiger partial charge in [-0.05, 0) is 205 Å². The van der Waals surface area contributed by atoms with Crippen molar-refractivity contribution in [3.05, 3.63) is 351 Å². The topological polar surface area (TPSA) is 354 Å². The molecule has 622 valence electrons. The Kier molecular flexibility index (Phi) is 24.6. The largest absolute Gasteiger partial charge is 0.457 e. The highest BCUT2D eigenvalue weighted by molar-refractivity contribution is 7.92. The lowest BCUT2D eigenvalue weighted by atomic mass is 9.95. The van der Waals surface area contributed by atoms with Crippen LogP contribution in [0.5, 0.6) is 23.0 Å². The highest BCUT2D eigenvalue weighted by Gasteiger charge is 2.24. The third-order valence-corrected chi connectivity index (χ3v) is 22.2. The predicted octanol–water partition coefficient (Wildman–Crippen LogP) is 15.0. The zero-order chi connectivity index (χ0) is 86.7. The van der Waals surface area contributed by atoms with Crippen molar-refractivity contribution in [3.63, 3.8) is 0 Å². The van der Waals surface area contributed by atoms with Gasteiger partial charge >= 0.3 is 0 Å². The highest BCUT2D eigenvalue weighted by atomic mass is 35.5. The fraction of sp³-hybridized carbons (Fsp3) is 0.140. The van der Waals surface area contributed by atoms with Crippen molar-refractivity contribution in [2.24, 2.45) is 0 Å². The number of aryl methyl sites for hydroxylation is 4. The molecule has 8 aromatic carbocycles. The number of sulfonamides is 2. The van der Waals surface area contributed by atoms with Crippen LogP contribution in [-0.2, 0) is 64.1 Å². The van der Waals surface area contributed by atoms with Gasteiger partial charge in [-0.25, -0.2) is 61.4 Å². The number of nitrogens with one attached hydrogen (secondary N) is 6. The quantitative estimate of drug-likeness (QED) is 0.0386. The zero-order valence-electron chi connectivity index (χ0n) is 65.6. The van der Waals surface area contributed by atoms with Crippen LogP contribution in [0.15, 0.2) is 245 Å². The summed E-state index contributed by atoms with van der Waals surface area (Å²) in [5.74, 6) is -2.07. The summed E-state index contributed by atoms with van der Waals surface area (Å²) in [5.41, 5.74) is 14.0. The van der Waals surface area contributed by atoms with Crippen LogP contribution in [-0.4, -0.2) is 107 Å². The summed E-state index contributed by atoms with van der Waals surface area (Å²) in [6, 6.07) is 50.8. The SMILES string of the molecule is Cc1cc(-c2cc(CS(C)(=O)=O)ccc2Cc2ccc(Cl)cc2)n2cc[nH]c(=O)c12.Cc1cc(-c2cc(CS(C)(=O)=O)ccc2Cc2ccc(F)cc2F)n2cc[nH]c(=O)c12.Cc1cc(-c2cc(NS(C)(=O)=O)ccc2Oc2ccc(F)cc2F)n2cn[nH]c(=O)c12.Cc1cc(-c2cc(NS(C)(=O)=O)ccc2Oc2ccccc2)n2cn[nH]c(=O)c12. The van der Waals surface area contributed by atoms with Crippen molar-refractivity contribution in [2.45, 2.75) is 52.0 Å². The first-order valence-corrected chi connectivity index (χ1v) is 44.9. The van der Waals surface area contributed by atoms with Gasteiger partial charge in [0, 0.05) is 94.5 Å². The van der Waals surface area contributed by atoms with Crippen LogP contribution < -0.4 is 41.2 Å². The zero-order valence-corrected chi connectivity index (χ0v) is 69.6. The lowest BCUT2D eigenvalue weighted by molar-refractivity contribution is 0.439. The van der Waals surface area contributed by atoms with Crippen molar-refractivity contribution in [2.75, 3.05) is 34.5 Å². The minimum absolute atomic E-state index is 0.0376. The number of fused-ring (bicyclic) bond motifs is 4. The minimum Gasteiger partial charge on any atom is -0.457 e. The first kappa shape index (κ1) is 85.5. The molecule has 0 aliphatic carbocycles. The molecule has 121 heavy (non-hydrogen) atoms.